The van der Waals surface area contributed by atoms with Gasteiger partial charge in [0, 0.05) is 12.5 Å². The van der Waals surface area contributed by atoms with Gasteiger partial charge in [-0.15, -0.1) is 0 Å². The van der Waals surface area contributed by atoms with Gasteiger partial charge in [-0.2, -0.15) is 4.98 Å². The summed E-state index contributed by atoms with van der Waals surface area (Å²) in [4.78, 5) is 18.7. The molecule has 0 N–H and O–H groups in total. The monoisotopic (exact) mass is 303 g/mol. The molecule has 2 aromatic rings. The number of rotatable bonds is 5. The van der Waals surface area contributed by atoms with Crippen LogP contribution < -0.4 is 0 Å². The lowest BCUT2D eigenvalue weighted by Gasteiger charge is -2.20. The summed E-state index contributed by atoms with van der Waals surface area (Å²) in [7, 11) is 0. The third-order valence-corrected chi connectivity index (χ3v) is 4.21. The van der Waals surface area contributed by atoms with E-state index in [2.05, 4.69) is 10.1 Å². The molecule has 0 aromatic carbocycles. The molecule has 0 bridgehead atoms. The lowest BCUT2D eigenvalue weighted by Crippen LogP contribution is -2.31. The predicted octanol–water partition coefficient (Wildman–Crippen LogP) is 3.21. The molecule has 3 rings (SSSR count). The van der Waals surface area contributed by atoms with Gasteiger partial charge < -0.3 is 13.8 Å². The van der Waals surface area contributed by atoms with E-state index in [1.807, 2.05) is 13.8 Å². The average molecular weight is 303 g/mol. The van der Waals surface area contributed by atoms with Crippen molar-refractivity contribution in [3.63, 3.8) is 0 Å². The molecule has 22 heavy (non-hydrogen) atoms. The molecule has 1 fully saturated rings. The zero-order chi connectivity index (χ0) is 15.7. The normalized spacial score (nSPS) is 14.9. The summed E-state index contributed by atoms with van der Waals surface area (Å²) in [6, 6.07) is 1.77. The molecule has 0 unspecified atom stereocenters. The second-order valence-corrected chi connectivity index (χ2v) is 5.82. The van der Waals surface area contributed by atoms with E-state index in [0.29, 0.717) is 42.0 Å². The maximum atomic E-state index is 12.6. The molecule has 0 spiro atoms. The van der Waals surface area contributed by atoms with Crippen LogP contribution in [0, 0.1) is 13.8 Å². The zero-order valence-electron chi connectivity index (χ0n) is 13.3. The van der Waals surface area contributed by atoms with E-state index in [1.165, 1.54) is 6.42 Å². The highest BCUT2D eigenvalue weighted by Crippen LogP contribution is 2.35. The Morgan fingerprint density at radius 2 is 2.18 bits per heavy atom. The van der Waals surface area contributed by atoms with Crippen LogP contribution in [0.4, 0.5) is 0 Å². The van der Waals surface area contributed by atoms with Crippen molar-refractivity contribution in [2.45, 2.75) is 52.5 Å². The Balaban J connectivity index is 1.72. The van der Waals surface area contributed by atoms with Crippen LogP contribution in [-0.4, -0.2) is 27.5 Å². The van der Waals surface area contributed by atoms with Gasteiger partial charge in [0.15, 0.2) is 5.82 Å². The van der Waals surface area contributed by atoms with Gasteiger partial charge in [-0.3, -0.25) is 4.79 Å². The van der Waals surface area contributed by atoms with Gasteiger partial charge in [0.05, 0.1) is 12.1 Å². The Morgan fingerprint density at radius 1 is 1.41 bits per heavy atom. The number of hydrogen-bond donors (Lipinski definition) is 0. The highest BCUT2D eigenvalue weighted by molar-refractivity contribution is 5.95. The summed E-state index contributed by atoms with van der Waals surface area (Å²) in [5.74, 6) is 3.00. The van der Waals surface area contributed by atoms with Gasteiger partial charge in [-0.05, 0) is 39.7 Å². The van der Waals surface area contributed by atoms with E-state index in [0.717, 1.165) is 18.6 Å². The van der Waals surface area contributed by atoms with Gasteiger partial charge in [0.25, 0.3) is 5.91 Å². The molecule has 2 heterocycles. The Labute approximate surface area is 129 Å². The number of carbonyl (C=O) groups excluding carboxylic acids is 1. The molecule has 0 aliphatic heterocycles. The number of amides is 1. The fraction of sp³-hybridized carbons (Fsp3) is 0.562. The standard InChI is InChI=1S/C16H21N3O3/c1-4-19(16(20)13-8-10(2)21-11(13)3)9-14-17-15(22-18-14)12-6-5-7-12/h8,12H,4-7,9H2,1-3H3. The Hall–Kier alpha value is -2.11. The van der Waals surface area contributed by atoms with Crippen LogP contribution in [0.15, 0.2) is 15.0 Å². The molecule has 0 atom stereocenters. The third-order valence-electron chi connectivity index (χ3n) is 4.21. The molecule has 0 radical (unpaired) electrons. The van der Waals surface area contributed by atoms with Crippen LogP contribution in [0.2, 0.25) is 0 Å². The van der Waals surface area contributed by atoms with Gasteiger partial charge in [0.2, 0.25) is 5.89 Å². The van der Waals surface area contributed by atoms with Gasteiger partial charge in [0.1, 0.15) is 11.5 Å². The number of furan rings is 1. The van der Waals surface area contributed by atoms with Crippen LogP contribution in [0.1, 0.15) is 65.7 Å². The molecule has 1 aliphatic carbocycles. The van der Waals surface area contributed by atoms with Crippen molar-refractivity contribution in [2.75, 3.05) is 6.54 Å². The van der Waals surface area contributed by atoms with Gasteiger partial charge in [-0.1, -0.05) is 11.6 Å². The van der Waals surface area contributed by atoms with Gasteiger partial charge >= 0.3 is 0 Å². The van der Waals surface area contributed by atoms with Crippen LogP contribution in [0.3, 0.4) is 0 Å². The molecule has 0 saturated heterocycles. The van der Waals surface area contributed by atoms with E-state index in [-0.39, 0.29) is 5.91 Å². The van der Waals surface area contributed by atoms with Crippen LogP contribution in [0.25, 0.3) is 0 Å². The van der Waals surface area contributed by atoms with Crippen LogP contribution in [0.5, 0.6) is 0 Å². The fourth-order valence-electron chi connectivity index (χ4n) is 2.66. The van der Waals surface area contributed by atoms with E-state index >= 15 is 0 Å². The molecule has 1 aliphatic rings. The average Bonchev–Trinajstić information content (AvgIpc) is 3.00. The molecule has 6 heteroatoms. The summed E-state index contributed by atoms with van der Waals surface area (Å²) in [5, 5.41) is 4.01. The van der Waals surface area contributed by atoms with Gasteiger partial charge in [-0.25, -0.2) is 0 Å². The quantitative estimate of drug-likeness (QED) is 0.848. The minimum atomic E-state index is -0.0631. The second kappa shape index (κ2) is 5.94. The van der Waals surface area contributed by atoms with Crippen molar-refractivity contribution >= 4 is 5.91 Å². The smallest absolute Gasteiger partial charge is 0.257 e. The first kappa shape index (κ1) is 14.8. The summed E-state index contributed by atoms with van der Waals surface area (Å²) >= 11 is 0. The summed E-state index contributed by atoms with van der Waals surface area (Å²) in [6.45, 7) is 6.51. The van der Waals surface area contributed by atoms with Crippen molar-refractivity contribution in [1.29, 1.82) is 0 Å². The van der Waals surface area contributed by atoms with Crippen LogP contribution >= 0.6 is 0 Å². The number of carbonyl (C=O) groups is 1. The van der Waals surface area contributed by atoms with Crippen molar-refractivity contribution < 1.29 is 13.7 Å². The lowest BCUT2D eigenvalue weighted by molar-refractivity contribution is 0.0745. The number of hydrogen-bond acceptors (Lipinski definition) is 5. The SMILES string of the molecule is CCN(Cc1noc(C2CCC2)n1)C(=O)c1cc(C)oc1C. The number of aromatic nitrogens is 2. The van der Waals surface area contributed by atoms with Crippen molar-refractivity contribution in [3.8, 4) is 0 Å². The Kier molecular flexibility index (Phi) is 4.00. The molecule has 118 valence electrons. The maximum absolute atomic E-state index is 12.6. The first-order valence-corrected chi connectivity index (χ1v) is 7.77. The van der Waals surface area contributed by atoms with E-state index in [1.54, 1.807) is 17.9 Å². The Morgan fingerprint density at radius 3 is 2.73 bits per heavy atom. The van der Waals surface area contributed by atoms with Crippen LogP contribution in [-0.2, 0) is 6.54 Å². The fourth-order valence-corrected chi connectivity index (χ4v) is 2.66. The molecule has 2 aromatic heterocycles. The van der Waals surface area contributed by atoms with Crippen molar-refractivity contribution in [3.05, 3.63) is 34.9 Å². The lowest BCUT2D eigenvalue weighted by atomic mass is 9.85. The summed E-state index contributed by atoms with van der Waals surface area (Å²) in [6.07, 6.45) is 3.46. The molecule has 1 amide bonds. The van der Waals surface area contributed by atoms with E-state index in [9.17, 15) is 4.79 Å². The predicted molar refractivity (Wildman–Crippen MR) is 79.5 cm³/mol. The largest absolute Gasteiger partial charge is 0.466 e. The zero-order valence-corrected chi connectivity index (χ0v) is 13.3. The summed E-state index contributed by atoms with van der Waals surface area (Å²) in [5.41, 5.74) is 0.599. The molecular formula is C16H21N3O3. The minimum absolute atomic E-state index is 0.0631. The highest BCUT2D eigenvalue weighted by atomic mass is 16.5. The molecule has 1 saturated carbocycles. The maximum Gasteiger partial charge on any atom is 0.257 e. The van der Waals surface area contributed by atoms with E-state index < -0.39 is 0 Å². The van der Waals surface area contributed by atoms with E-state index in [4.69, 9.17) is 8.94 Å². The minimum Gasteiger partial charge on any atom is -0.466 e. The molecular weight excluding hydrogens is 282 g/mol. The number of nitrogens with zero attached hydrogens (tertiary/aromatic N) is 3. The van der Waals surface area contributed by atoms with Crippen molar-refractivity contribution in [1.82, 2.24) is 15.0 Å². The highest BCUT2D eigenvalue weighted by Gasteiger charge is 2.26. The molecule has 6 nitrogen and oxygen atoms in total. The first-order chi connectivity index (χ1) is 10.6. The number of aryl methyl sites for hydroxylation is 2. The topological polar surface area (TPSA) is 72.4 Å². The van der Waals surface area contributed by atoms with Crippen molar-refractivity contribution in [2.24, 2.45) is 0 Å². The summed E-state index contributed by atoms with van der Waals surface area (Å²) < 4.78 is 10.8. The Bertz CT molecular complexity index is 670. The third kappa shape index (κ3) is 2.77. The second-order valence-electron chi connectivity index (χ2n) is 5.82. The first-order valence-electron chi connectivity index (χ1n) is 7.77.